The second-order valence-corrected chi connectivity index (χ2v) is 21.2. The van der Waals surface area contributed by atoms with E-state index in [4.69, 9.17) is 29.3 Å². The fraction of sp³-hybridized carbons (Fsp3) is 0.571. The first kappa shape index (κ1) is 45.3. The number of Topliss-reactive ketones (excluding diaryl/α,β-unsaturated/α-hetero) is 1. The molecule has 0 amide bonds. The summed E-state index contributed by atoms with van der Waals surface area (Å²) in [6, 6.07) is 11.8. The van der Waals surface area contributed by atoms with Crippen molar-refractivity contribution in [1.29, 1.82) is 0 Å². The van der Waals surface area contributed by atoms with Gasteiger partial charge < -0.3 is 34.4 Å². The summed E-state index contributed by atoms with van der Waals surface area (Å²) in [4.78, 5) is 37.9. The van der Waals surface area contributed by atoms with Gasteiger partial charge in [0.25, 0.3) is 0 Å². The maximum Gasteiger partial charge on any atom is 0.355 e. The van der Waals surface area contributed by atoms with E-state index in [1.807, 2.05) is 48.4 Å². The lowest BCUT2D eigenvalue weighted by atomic mass is 9.39. The predicted molar refractivity (Wildman–Crippen MR) is 252 cm³/mol. The number of carboxylic acid groups (broad SMARTS) is 1. The molecule has 0 saturated heterocycles. The van der Waals surface area contributed by atoms with E-state index in [1.165, 1.54) is 6.42 Å². The van der Waals surface area contributed by atoms with Crippen LogP contribution in [0.15, 0.2) is 42.6 Å². The maximum atomic E-state index is 13.0. The molecule has 10 rings (SSSR count). The zero-order valence-electron chi connectivity index (χ0n) is 38.7. The molecule has 4 saturated carbocycles. The highest BCUT2D eigenvalue weighted by atomic mass is 32.1. The van der Waals surface area contributed by atoms with E-state index in [0.29, 0.717) is 69.0 Å². The molecule has 1 aromatic carbocycles. The molecule has 0 radical (unpaired) electrons. The highest BCUT2D eigenvalue weighted by Crippen LogP contribution is 2.72. The molecule has 5 aromatic rings. The van der Waals surface area contributed by atoms with Crippen molar-refractivity contribution in [2.24, 2.45) is 16.2 Å². The lowest BCUT2D eigenvalue weighted by Crippen LogP contribution is -2.64. The number of carbonyl (C=O) groups excluding carboxylic acids is 1. The smallest absolute Gasteiger partial charge is 0.355 e. The summed E-state index contributed by atoms with van der Waals surface area (Å²) in [5.74, 6) is 0.934. The Hall–Kier alpha value is -4.87. The number of nitrogens with one attached hydrogen (secondary N) is 1. The minimum atomic E-state index is -1.09. The standard InChI is InChI=1S/C49H63N9O6S/c1-32(59)15-19-62-22-23-63-20-17-56(6)18-21-64-49-28-46(4)25-47(5,29-49)27-48(26-46,30-49)31-58-34(3)37(24-50-58)36-13-14-40(52-41(36)44(60)61)57-16-9-10-35-33(2)42(54-55-43(35)57)53-45-51-38-11-7-8-12-39(38)65-45/h7-8,11-14,24H,9-10,15-23,25-31H2,1-6H3,(H,60,61)(H,51,53,54). The zero-order chi connectivity index (χ0) is 45.6. The number of hydrogen-bond acceptors (Lipinski definition) is 14. The van der Waals surface area contributed by atoms with Crippen molar-refractivity contribution >= 4 is 55.9 Å². The van der Waals surface area contributed by atoms with Crippen molar-refractivity contribution in [3.63, 3.8) is 0 Å². The summed E-state index contributed by atoms with van der Waals surface area (Å²) >= 11 is 1.57. The molecule has 2 unspecified atom stereocenters. The Morgan fingerprint density at radius 3 is 2.40 bits per heavy atom. The number of thiazole rings is 1. The van der Waals surface area contributed by atoms with Crippen LogP contribution < -0.4 is 10.2 Å². The highest BCUT2D eigenvalue weighted by molar-refractivity contribution is 7.22. The third-order valence-corrected chi connectivity index (χ3v) is 15.2. The van der Waals surface area contributed by atoms with Gasteiger partial charge in [-0.25, -0.2) is 14.8 Å². The number of nitrogens with zero attached hydrogens (tertiary/aromatic N) is 8. The van der Waals surface area contributed by atoms with Crippen LogP contribution in [0.25, 0.3) is 21.3 Å². The molecule has 15 nitrogen and oxygen atoms in total. The SMILES string of the molecule is CC(=O)CCOCCOCCN(C)CCOC12CC3(C)CC(C)(CC(Cn4ncc(-c5ccc(N6CCCc7c6nnc(Nc6nc8ccccc8s6)c7C)nc5C(=O)O)c4C)(C3)C1)C2. The first-order valence-electron chi connectivity index (χ1n) is 23.2. The van der Waals surface area contributed by atoms with E-state index < -0.39 is 5.97 Å². The number of hydrogen-bond donors (Lipinski definition) is 2. The number of likely N-dealkylation sites (N-methyl/N-ethyl adjacent to an activating group) is 1. The van der Waals surface area contributed by atoms with Gasteiger partial charge in [0.05, 0.1) is 55.0 Å². The fourth-order valence-corrected chi connectivity index (χ4v) is 13.4. The van der Waals surface area contributed by atoms with Crippen molar-refractivity contribution < 1.29 is 28.9 Å². The number of fused-ring (bicyclic) bond motifs is 2. The van der Waals surface area contributed by atoms with Crippen LogP contribution >= 0.6 is 11.3 Å². The zero-order valence-corrected chi connectivity index (χ0v) is 39.6. The van der Waals surface area contributed by atoms with Gasteiger partial charge in [0, 0.05) is 60.5 Å². The number of para-hydroxylation sites is 1. The summed E-state index contributed by atoms with van der Waals surface area (Å²) in [5, 5.41) is 29.0. The molecule has 5 aliphatic rings. The van der Waals surface area contributed by atoms with Crippen LogP contribution in [0.4, 0.5) is 22.6 Å². The van der Waals surface area contributed by atoms with Crippen molar-refractivity contribution in [2.75, 3.05) is 69.9 Å². The van der Waals surface area contributed by atoms with Crippen LogP contribution in [-0.4, -0.2) is 117 Å². The number of pyridine rings is 1. The van der Waals surface area contributed by atoms with Gasteiger partial charge in [0.2, 0.25) is 0 Å². The first-order valence-corrected chi connectivity index (χ1v) is 24.0. The second-order valence-electron chi connectivity index (χ2n) is 20.2. The third kappa shape index (κ3) is 9.55. The molecule has 1 aliphatic heterocycles. The normalized spacial score (nSPS) is 24.6. The number of aromatic nitrogens is 6. The van der Waals surface area contributed by atoms with Gasteiger partial charge in [-0.3, -0.25) is 9.48 Å². The van der Waals surface area contributed by atoms with Gasteiger partial charge in [-0.05, 0) is 120 Å². The summed E-state index contributed by atoms with van der Waals surface area (Å²) in [7, 11) is 2.11. The largest absolute Gasteiger partial charge is 0.476 e. The third-order valence-electron chi connectivity index (χ3n) is 14.3. The van der Waals surface area contributed by atoms with Gasteiger partial charge in [-0.15, -0.1) is 10.2 Å². The molecule has 65 heavy (non-hydrogen) atoms. The van der Waals surface area contributed by atoms with Crippen molar-refractivity contribution in [1.82, 2.24) is 34.8 Å². The minimum absolute atomic E-state index is 0.00930. The molecule has 4 fully saturated rings. The number of anilines is 4. The average molecular weight is 906 g/mol. The number of rotatable bonds is 20. The Kier molecular flexibility index (Phi) is 12.6. The molecular weight excluding hydrogens is 843 g/mol. The highest BCUT2D eigenvalue weighted by Gasteiger charge is 2.66. The van der Waals surface area contributed by atoms with Crippen molar-refractivity contribution in [3.05, 3.63) is 65.1 Å². The number of ether oxygens (including phenoxy) is 3. The van der Waals surface area contributed by atoms with E-state index >= 15 is 0 Å². The molecule has 4 aliphatic carbocycles. The summed E-state index contributed by atoms with van der Waals surface area (Å²) in [6.45, 7) is 16.4. The lowest BCUT2D eigenvalue weighted by Gasteiger charge is -2.69. The molecule has 0 spiro atoms. The fourth-order valence-electron chi connectivity index (χ4n) is 12.6. The Bertz CT molecular complexity index is 2520. The number of ketones is 1. The summed E-state index contributed by atoms with van der Waals surface area (Å²) < 4.78 is 21.5. The number of aromatic carboxylic acids is 1. The molecule has 2 N–H and O–H groups in total. The predicted octanol–water partition coefficient (Wildman–Crippen LogP) is 8.57. The molecule has 16 heteroatoms. The van der Waals surface area contributed by atoms with Crippen LogP contribution in [0.2, 0.25) is 0 Å². The minimum Gasteiger partial charge on any atom is -0.476 e. The molecule has 5 heterocycles. The second kappa shape index (κ2) is 18.1. The Morgan fingerprint density at radius 1 is 0.892 bits per heavy atom. The lowest BCUT2D eigenvalue weighted by molar-refractivity contribution is -0.248. The average Bonchev–Trinajstić information content (AvgIpc) is 3.82. The van der Waals surface area contributed by atoms with E-state index in [9.17, 15) is 14.7 Å². The van der Waals surface area contributed by atoms with Crippen LogP contribution in [0.5, 0.6) is 0 Å². The molecule has 346 valence electrons. The van der Waals surface area contributed by atoms with Gasteiger partial charge >= 0.3 is 5.97 Å². The van der Waals surface area contributed by atoms with E-state index in [-0.39, 0.29) is 33.3 Å². The topological polar surface area (TPSA) is 170 Å². The van der Waals surface area contributed by atoms with Crippen LogP contribution in [-0.2, 0) is 32.0 Å². The number of benzene rings is 1. The Morgan fingerprint density at radius 2 is 1.65 bits per heavy atom. The molecule has 4 aromatic heterocycles. The van der Waals surface area contributed by atoms with Crippen LogP contribution in [0.3, 0.4) is 0 Å². The first-order chi connectivity index (χ1) is 31.1. The van der Waals surface area contributed by atoms with E-state index in [1.54, 1.807) is 18.3 Å². The van der Waals surface area contributed by atoms with Gasteiger partial charge in [-0.1, -0.05) is 37.3 Å². The van der Waals surface area contributed by atoms with Gasteiger partial charge in [-0.2, -0.15) is 5.10 Å². The van der Waals surface area contributed by atoms with Crippen LogP contribution in [0.1, 0.15) is 99.4 Å². The van der Waals surface area contributed by atoms with Gasteiger partial charge in [0.15, 0.2) is 22.5 Å². The molecule has 2 atom stereocenters. The van der Waals surface area contributed by atoms with Crippen molar-refractivity contribution in [3.8, 4) is 11.1 Å². The summed E-state index contributed by atoms with van der Waals surface area (Å²) in [5.41, 5.74) is 5.44. The van der Waals surface area contributed by atoms with Gasteiger partial charge in [0.1, 0.15) is 11.6 Å². The monoisotopic (exact) mass is 905 g/mol. The Balaban J connectivity index is 0.874. The Labute approximate surface area is 385 Å². The number of carbonyl (C=O) groups is 2. The quantitative estimate of drug-likeness (QED) is 0.0712. The maximum absolute atomic E-state index is 13.0. The summed E-state index contributed by atoms with van der Waals surface area (Å²) in [6.07, 6.45) is 10.6. The number of carboxylic acids is 1. The van der Waals surface area contributed by atoms with E-state index in [0.717, 1.165) is 102 Å². The molecule has 4 bridgehead atoms. The van der Waals surface area contributed by atoms with E-state index in [2.05, 4.69) is 59.0 Å². The molecular formula is C49H63N9O6S. The van der Waals surface area contributed by atoms with Crippen molar-refractivity contribution in [2.45, 2.75) is 105 Å². The van der Waals surface area contributed by atoms with Crippen LogP contribution in [0, 0.1) is 30.1 Å².